The lowest BCUT2D eigenvalue weighted by molar-refractivity contribution is -0.140. The number of nitriles is 1. The molecule has 5 nitrogen and oxygen atoms in total. The van der Waals surface area contributed by atoms with Gasteiger partial charge in [0.1, 0.15) is 23.3 Å². The molecule has 0 saturated heterocycles. The Hall–Kier alpha value is -2.89. The van der Waals surface area contributed by atoms with Crippen molar-refractivity contribution >= 4 is 11.7 Å². The summed E-state index contributed by atoms with van der Waals surface area (Å²) in [5.41, 5.74) is -1.93. The van der Waals surface area contributed by atoms with Crippen molar-refractivity contribution in [2.75, 3.05) is 5.32 Å². The van der Waals surface area contributed by atoms with E-state index in [9.17, 15) is 22.4 Å². The molecule has 21 heavy (non-hydrogen) atoms. The summed E-state index contributed by atoms with van der Waals surface area (Å²) < 4.78 is 50.8. The number of aromatic amines is 1. The molecule has 0 unspecified atom stereocenters. The fourth-order valence-corrected chi connectivity index (χ4v) is 1.54. The van der Waals surface area contributed by atoms with Crippen molar-refractivity contribution in [1.29, 1.82) is 5.26 Å². The maximum absolute atomic E-state index is 13.1. The van der Waals surface area contributed by atoms with E-state index in [1.165, 1.54) is 0 Å². The van der Waals surface area contributed by atoms with Crippen molar-refractivity contribution < 1.29 is 22.4 Å². The molecule has 2 N–H and O–H groups in total. The lowest BCUT2D eigenvalue weighted by Gasteiger charge is -2.10. The Balaban J connectivity index is 2.31. The second-order valence-corrected chi connectivity index (χ2v) is 3.92. The number of halogens is 4. The van der Waals surface area contributed by atoms with Gasteiger partial charge in [-0.25, -0.2) is 4.39 Å². The Morgan fingerprint density at radius 1 is 1.38 bits per heavy atom. The van der Waals surface area contributed by atoms with E-state index in [2.05, 4.69) is 15.5 Å². The van der Waals surface area contributed by atoms with Crippen LogP contribution in [0.5, 0.6) is 0 Å². The number of aromatic nitrogens is 2. The van der Waals surface area contributed by atoms with Gasteiger partial charge in [-0.1, -0.05) is 0 Å². The fourth-order valence-electron chi connectivity index (χ4n) is 1.54. The first kappa shape index (κ1) is 14.5. The van der Waals surface area contributed by atoms with Crippen molar-refractivity contribution in [3.05, 3.63) is 46.9 Å². The molecule has 108 valence electrons. The molecule has 9 heteroatoms. The van der Waals surface area contributed by atoms with Crippen molar-refractivity contribution in [2.24, 2.45) is 0 Å². The van der Waals surface area contributed by atoms with Crippen molar-refractivity contribution in [3.63, 3.8) is 0 Å². The molecule has 0 fully saturated rings. The highest BCUT2D eigenvalue weighted by Gasteiger charge is 2.34. The Bertz CT molecular complexity index is 730. The van der Waals surface area contributed by atoms with Crippen LogP contribution in [0.2, 0.25) is 0 Å². The summed E-state index contributed by atoms with van der Waals surface area (Å²) in [6.07, 6.45) is -3.77. The number of hydrogen-bond donors (Lipinski definition) is 2. The van der Waals surface area contributed by atoms with Crippen LogP contribution in [-0.4, -0.2) is 16.1 Å². The molecule has 1 aromatic carbocycles. The Kier molecular flexibility index (Phi) is 3.62. The lowest BCUT2D eigenvalue weighted by atomic mass is 10.1. The van der Waals surface area contributed by atoms with Gasteiger partial charge in [0, 0.05) is 5.56 Å². The van der Waals surface area contributed by atoms with Crippen LogP contribution in [-0.2, 0) is 6.18 Å². The van der Waals surface area contributed by atoms with Gasteiger partial charge in [0.15, 0.2) is 0 Å². The number of benzene rings is 1. The van der Waals surface area contributed by atoms with Gasteiger partial charge in [-0.05, 0) is 18.2 Å². The lowest BCUT2D eigenvalue weighted by Crippen LogP contribution is -2.16. The highest BCUT2D eigenvalue weighted by atomic mass is 19.4. The number of hydrogen-bond acceptors (Lipinski definition) is 3. The third kappa shape index (κ3) is 3.00. The van der Waals surface area contributed by atoms with Crippen LogP contribution in [0.15, 0.2) is 24.4 Å². The maximum Gasteiger partial charge on any atom is 0.419 e. The predicted molar refractivity (Wildman–Crippen MR) is 62.7 cm³/mol. The highest BCUT2D eigenvalue weighted by Crippen LogP contribution is 2.32. The molecule has 1 aromatic heterocycles. The van der Waals surface area contributed by atoms with E-state index < -0.39 is 29.0 Å². The number of carbonyl (C=O) groups excluding carboxylic acids is 1. The number of anilines is 1. The quantitative estimate of drug-likeness (QED) is 0.836. The van der Waals surface area contributed by atoms with E-state index in [1.807, 2.05) is 0 Å². The summed E-state index contributed by atoms with van der Waals surface area (Å²) in [6.45, 7) is 0. The minimum atomic E-state index is -4.91. The van der Waals surface area contributed by atoms with E-state index in [-0.39, 0.29) is 11.4 Å². The zero-order chi connectivity index (χ0) is 15.6. The standard InChI is InChI=1S/C12H6F4N4O/c13-9-2-1-6(3-8(9)12(14,15)16)11(21)19-10-7(4-17)5-18-20-10/h1-3,5H,(H2,18,19,20,21). The largest absolute Gasteiger partial charge is 0.419 e. The van der Waals surface area contributed by atoms with Crippen LogP contribution < -0.4 is 5.32 Å². The number of alkyl halides is 3. The topological polar surface area (TPSA) is 81.6 Å². The zero-order valence-electron chi connectivity index (χ0n) is 10.1. The van der Waals surface area contributed by atoms with Crippen molar-refractivity contribution in [1.82, 2.24) is 10.2 Å². The summed E-state index contributed by atoms with van der Waals surface area (Å²) in [4.78, 5) is 11.8. The summed E-state index contributed by atoms with van der Waals surface area (Å²) in [5, 5.41) is 16.7. The van der Waals surface area contributed by atoms with Crippen LogP contribution >= 0.6 is 0 Å². The molecule has 2 aromatic rings. The first-order chi connectivity index (χ1) is 9.82. The molecule has 1 amide bonds. The number of amides is 1. The van der Waals surface area contributed by atoms with Gasteiger partial charge in [0.2, 0.25) is 0 Å². The average molecular weight is 298 g/mol. The molecule has 0 spiro atoms. The van der Waals surface area contributed by atoms with Gasteiger partial charge in [0.25, 0.3) is 5.91 Å². The van der Waals surface area contributed by atoms with E-state index in [4.69, 9.17) is 5.26 Å². The first-order valence-electron chi connectivity index (χ1n) is 5.44. The molecule has 0 bridgehead atoms. The van der Waals surface area contributed by atoms with Gasteiger partial charge in [-0.15, -0.1) is 0 Å². The molecule has 0 atom stereocenters. The Morgan fingerprint density at radius 2 is 2.10 bits per heavy atom. The molecule has 0 saturated carbocycles. The van der Waals surface area contributed by atoms with Crippen molar-refractivity contribution in [2.45, 2.75) is 6.18 Å². The van der Waals surface area contributed by atoms with Gasteiger partial charge in [-0.2, -0.15) is 23.5 Å². The zero-order valence-corrected chi connectivity index (χ0v) is 10.1. The van der Waals surface area contributed by atoms with Crippen LogP contribution in [0, 0.1) is 17.1 Å². The number of nitrogens with zero attached hydrogens (tertiary/aromatic N) is 2. The van der Waals surface area contributed by atoms with Crippen LogP contribution in [0.1, 0.15) is 21.5 Å². The molecular weight excluding hydrogens is 292 g/mol. The second-order valence-electron chi connectivity index (χ2n) is 3.92. The summed E-state index contributed by atoms with van der Waals surface area (Å²) in [5.74, 6) is -2.46. The third-order valence-electron chi connectivity index (χ3n) is 2.53. The molecule has 0 aliphatic rings. The Labute approximate surface area is 115 Å². The molecule has 0 aliphatic heterocycles. The van der Waals surface area contributed by atoms with E-state index >= 15 is 0 Å². The van der Waals surface area contributed by atoms with Gasteiger partial charge in [0.05, 0.1) is 11.8 Å². The molecular formula is C12H6F4N4O. The number of rotatable bonds is 2. The summed E-state index contributed by atoms with van der Waals surface area (Å²) in [6, 6.07) is 3.58. The minimum absolute atomic E-state index is 0.0153. The number of carbonyl (C=O) groups is 1. The van der Waals surface area contributed by atoms with Crippen LogP contribution in [0.25, 0.3) is 0 Å². The Morgan fingerprint density at radius 3 is 2.71 bits per heavy atom. The molecule has 1 heterocycles. The van der Waals surface area contributed by atoms with E-state index in [0.29, 0.717) is 12.1 Å². The van der Waals surface area contributed by atoms with Crippen LogP contribution in [0.3, 0.4) is 0 Å². The highest BCUT2D eigenvalue weighted by molar-refractivity contribution is 6.04. The minimum Gasteiger partial charge on any atom is -0.306 e. The maximum atomic E-state index is 13.1. The molecule has 2 rings (SSSR count). The normalized spacial score (nSPS) is 11.0. The number of nitrogens with one attached hydrogen (secondary N) is 2. The van der Waals surface area contributed by atoms with Crippen molar-refractivity contribution in [3.8, 4) is 6.07 Å². The smallest absolute Gasteiger partial charge is 0.306 e. The summed E-state index contributed by atoms with van der Waals surface area (Å²) >= 11 is 0. The molecule has 0 radical (unpaired) electrons. The van der Waals surface area contributed by atoms with E-state index in [1.54, 1.807) is 6.07 Å². The SMILES string of the molecule is N#Cc1cn[nH]c1NC(=O)c1ccc(F)c(C(F)(F)F)c1. The molecule has 0 aliphatic carbocycles. The number of H-pyrrole nitrogens is 1. The van der Waals surface area contributed by atoms with Gasteiger partial charge < -0.3 is 5.32 Å². The van der Waals surface area contributed by atoms with Gasteiger partial charge in [-0.3, -0.25) is 9.89 Å². The first-order valence-corrected chi connectivity index (χ1v) is 5.44. The third-order valence-corrected chi connectivity index (χ3v) is 2.53. The predicted octanol–water partition coefficient (Wildman–Crippen LogP) is 2.69. The average Bonchev–Trinajstić information content (AvgIpc) is 2.85. The fraction of sp³-hybridized carbons (Fsp3) is 0.0833. The second kappa shape index (κ2) is 5.24. The summed E-state index contributed by atoms with van der Waals surface area (Å²) in [7, 11) is 0. The monoisotopic (exact) mass is 298 g/mol. The van der Waals surface area contributed by atoms with Crippen LogP contribution in [0.4, 0.5) is 23.4 Å². The van der Waals surface area contributed by atoms with Gasteiger partial charge >= 0.3 is 6.18 Å². The van der Waals surface area contributed by atoms with E-state index in [0.717, 1.165) is 12.3 Å².